The molecule has 3 nitrogen and oxygen atoms in total. The van der Waals surface area contributed by atoms with Crippen LogP contribution in [0.2, 0.25) is 0 Å². The van der Waals surface area contributed by atoms with Crippen molar-refractivity contribution in [3.63, 3.8) is 0 Å². The van der Waals surface area contributed by atoms with Crippen molar-refractivity contribution in [3.8, 4) is 0 Å². The van der Waals surface area contributed by atoms with Crippen LogP contribution in [0.4, 0.5) is 0 Å². The highest BCUT2D eigenvalue weighted by Gasteiger charge is 2.12. The van der Waals surface area contributed by atoms with E-state index in [-0.39, 0.29) is 11.5 Å². The van der Waals surface area contributed by atoms with Crippen LogP contribution in [0.1, 0.15) is 17.5 Å². The van der Waals surface area contributed by atoms with Gasteiger partial charge < -0.3 is 5.32 Å². The average Bonchev–Trinajstić information content (AvgIpc) is 2.21. The topological polar surface area (TPSA) is 46.2 Å². The molecule has 0 fully saturated rings. The average molecular weight is 241 g/mol. The Hall–Kier alpha value is -0.870. The van der Waals surface area contributed by atoms with Gasteiger partial charge in [0, 0.05) is 0 Å². The minimum absolute atomic E-state index is 0.156. The number of hydrogen-bond donors (Lipinski definition) is 1. The second kappa shape index (κ2) is 6.01. The molecule has 0 spiro atoms. The van der Waals surface area contributed by atoms with Gasteiger partial charge in [-0.05, 0) is 38.1 Å². The van der Waals surface area contributed by atoms with Crippen molar-refractivity contribution in [1.82, 2.24) is 5.32 Å². The van der Waals surface area contributed by atoms with E-state index in [2.05, 4.69) is 5.32 Å². The lowest BCUT2D eigenvalue weighted by Crippen LogP contribution is -2.16. The fourth-order valence-electron chi connectivity index (χ4n) is 1.55. The van der Waals surface area contributed by atoms with Crippen molar-refractivity contribution < 1.29 is 8.42 Å². The summed E-state index contributed by atoms with van der Waals surface area (Å²) in [4.78, 5) is 0. The lowest BCUT2D eigenvalue weighted by molar-refractivity contribution is 0.591. The molecule has 0 bridgehead atoms. The third kappa shape index (κ3) is 4.33. The molecule has 0 unspecified atom stereocenters. The van der Waals surface area contributed by atoms with Gasteiger partial charge in [0.05, 0.1) is 11.5 Å². The van der Waals surface area contributed by atoms with Gasteiger partial charge in [0.2, 0.25) is 0 Å². The third-order valence-electron chi connectivity index (χ3n) is 2.52. The molecule has 0 aliphatic carbocycles. The molecule has 1 aromatic carbocycles. The Morgan fingerprint density at radius 3 is 2.56 bits per heavy atom. The van der Waals surface area contributed by atoms with E-state index in [1.165, 1.54) is 0 Å². The summed E-state index contributed by atoms with van der Waals surface area (Å²) >= 11 is 0. The fourth-order valence-corrected chi connectivity index (χ4v) is 3.08. The molecule has 16 heavy (non-hydrogen) atoms. The van der Waals surface area contributed by atoms with Crippen LogP contribution in [0, 0.1) is 6.92 Å². The van der Waals surface area contributed by atoms with Gasteiger partial charge in [-0.3, -0.25) is 0 Å². The molecule has 0 radical (unpaired) electrons. The standard InChI is InChI=1S/C12H19NO2S/c1-11-6-3-4-7-12(11)10-16(14,15)9-5-8-13-2/h3-4,6-7,13H,5,8-10H2,1-2H3. The first-order valence-corrected chi connectivity index (χ1v) is 7.27. The third-order valence-corrected chi connectivity index (χ3v) is 4.18. The second-order valence-corrected chi connectivity index (χ2v) is 6.16. The second-order valence-electron chi connectivity index (χ2n) is 3.98. The zero-order valence-electron chi connectivity index (χ0n) is 9.86. The lowest BCUT2D eigenvalue weighted by Gasteiger charge is -2.06. The van der Waals surface area contributed by atoms with Crippen LogP contribution >= 0.6 is 0 Å². The normalized spacial score (nSPS) is 11.6. The van der Waals surface area contributed by atoms with Crippen molar-refractivity contribution in [2.24, 2.45) is 0 Å². The summed E-state index contributed by atoms with van der Waals surface area (Å²) in [6.45, 7) is 2.69. The summed E-state index contributed by atoms with van der Waals surface area (Å²) in [6.07, 6.45) is 0.671. The zero-order valence-corrected chi connectivity index (χ0v) is 10.7. The quantitative estimate of drug-likeness (QED) is 0.768. The van der Waals surface area contributed by atoms with Gasteiger partial charge in [-0.25, -0.2) is 8.42 Å². The van der Waals surface area contributed by atoms with Gasteiger partial charge in [0.15, 0.2) is 9.84 Å². The molecule has 1 rings (SSSR count). The maximum atomic E-state index is 11.8. The first-order valence-electron chi connectivity index (χ1n) is 5.45. The lowest BCUT2D eigenvalue weighted by atomic mass is 10.1. The van der Waals surface area contributed by atoms with E-state index in [4.69, 9.17) is 0 Å². The smallest absolute Gasteiger partial charge is 0.154 e. The van der Waals surface area contributed by atoms with Gasteiger partial charge >= 0.3 is 0 Å². The minimum Gasteiger partial charge on any atom is -0.320 e. The number of aryl methyl sites for hydroxylation is 1. The molecule has 0 amide bonds. The maximum absolute atomic E-state index is 11.8. The minimum atomic E-state index is -2.97. The summed E-state index contributed by atoms with van der Waals surface area (Å²) in [5, 5.41) is 2.95. The number of benzene rings is 1. The summed E-state index contributed by atoms with van der Waals surface area (Å²) in [7, 11) is -1.14. The van der Waals surface area contributed by atoms with Gasteiger partial charge in [-0.2, -0.15) is 0 Å². The van der Waals surface area contributed by atoms with Gasteiger partial charge in [0.1, 0.15) is 0 Å². The molecule has 0 heterocycles. The van der Waals surface area contributed by atoms with Gasteiger partial charge in [-0.1, -0.05) is 24.3 Å². The van der Waals surface area contributed by atoms with Crippen LogP contribution < -0.4 is 5.32 Å². The molecule has 0 saturated carbocycles. The summed E-state index contributed by atoms with van der Waals surface area (Å²) in [5.41, 5.74) is 1.95. The number of rotatable bonds is 6. The molecule has 0 aromatic heterocycles. The van der Waals surface area contributed by atoms with Crippen LogP contribution in [0.5, 0.6) is 0 Å². The molecule has 0 saturated heterocycles. The van der Waals surface area contributed by atoms with Crippen LogP contribution in [-0.2, 0) is 15.6 Å². The van der Waals surface area contributed by atoms with Crippen LogP contribution in [0.15, 0.2) is 24.3 Å². The van der Waals surface area contributed by atoms with Crippen molar-refractivity contribution in [3.05, 3.63) is 35.4 Å². The Morgan fingerprint density at radius 1 is 1.25 bits per heavy atom. The molecular weight excluding hydrogens is 222 g/mol. The fraction of sp³-hybridized carbons (Fsp3) is 0.500. The first kappa shape index (κ1) is 13.2. The number of sulfone groups is 1. The molecule has 1 aromatic rings. The van der Waals surface area contributed by atoms with E-state index in [1.54, 1.807) is 0 Å². The Balaban J connectivity index is 2.63. The molecule has 1 N–H and O–H groups in total. The molecular formula is C12H19NO2S. The highest BCUT2D eigenvalue weighted by Crippen LogP contribution is 2.12. The van der Waals surface area contributed by atoms with E-state index in [1.807, 2.05) is 38.2 Å². The van der Waals surface area contributed by atoms with E-state index >= 15 is 0 Å². The molecule has 90 valence electrons. The maximum Gasteiger partial charge on any atom is 0.154 e. The predicted octanol–water partition coefficient (Wildman–Crippen LogP) is 1.52. The highest BCUT2D eigenvalue weighted by atomic mass is 32.2. The van der Waals surface area contributed by atoms with Crippen LogP contribution in [-0.4, -0.2) is 27.8 Å². The number of nitrogens with one attached hydrogen (secondary N) is 1. The van der Waals surface area contributed by atoms with Gasteiger partial charge in [-0.15, -0.1) is 0 Å². The monoisotopic (exact) mass is 241 g/mol. The van der Waals surface area contributed by atoms with E-state index < -0.39 is 9.84 Å². The van der Waals surface area contributed by atoms with Gasteiger partial charge in [0.25, 0.3) is 0 Å². The highest BCUT2D eigenvalue weighted by molar-refractivity contribution is 7.90. The summed E-state index contributed by atoms with van der Waals surface area (Å²) in [6, 6.07) is 7.63. The Kier molecular flexibility index (Phi) is 4.96. The van der Waals surface area contributed by atoms with Crippen LogP contribution in [0.3, 0.4) is 0 Å². The number of hydrogen-bond acceptors (Lipinski definition) is 3. The Morgan fingerprint density at radius 2 is 1.94 bits per heavy atom. The van der Waals surface area contributed by atoms with Crippen molar-refractivity contribution in [2.75, 3.05) is 19.3 Å². The molecule has 0 aliphatic rings. The SMILES string of the molecule is CNCCCS(=O)(=O)Cc1ccccc1C. The summed E-state index contributed by atoms with van der Waals surface area (Å²) < 4.78 is 23.6. The first-order chi connectivity index (χ1) is 7.55. The summed E-state index contributed by atoms with van der Waals surface area (Å²) in [5.74, 6) is 0.408. The van der Waals surface area contributed by atoms with Crippen molar-refractivity contribution in [2.45, 2.75) is 19.1 Å². The van der Waals surface area contributed by atoms with Crippen molar-refractivity contribution in [1.29, 1.82) is 0 Å². The predicted molar refractivity (Wildman–Crippen MR) is 67.2 cm³/mol. The Labute approximate surface area is 97.8 Å². The van der Waals surface area contributed by atoms with Crippen molar-refractivity contribution >= 4 is 9.84 Å². The molecule has 0 aliphatic heterocycles. The van der Waals surface area contributed by atoms with E-state index in [9.17, 15) is 8.42 Å². The molecule has 4 heteroatoms. The zero-order chi connectivity index (χ0) is 12.0. The Bertz CT molecular complexity index is 426. The van der Waals surface area contributed by atoms with Crippen LogP contribution in [0.25, 0.3) is 0 Å². The molecule has 0 atom stereocenters. The largest absolute Gasteiger partial charge is 0.320 e. The van der Waals surface area contributed by atoms with E-state index in [0.717, 1.165) is 17.7 Å². The van der Waals surface area contributed by atoms with E-state index in [0.29, 0.717) is 6.42 Å².